The van der Waals surface area contributed by atoms with Crippen LogP contribution in [-0.2, 0) is 16.1 Å². The van der Waals surface area contributed by atoms with Crippen LogP contribution in [0.5, 0.6) is 0 Å². The molecule has 4 nitrogen and oxygen atoms in total. The average Bonchev–Trinajstić information content (AvgIpc) is 2.42. The number of hydrogen-bond acceptors (Lipinski definition) is 3. The first-order valence-electron chi connectivity index (χ1n) is 7.37. The van der Waals surface area contributed by atoms with Gasteiger partial charge in [0, 0.05) is 11.6 Å². The quantitative estimate of drug-likeness (QED) is 0.874. The van der Waals surface area contributed by atoms with E-state index in [0.717, 1.165) is 6.07 Å². The first kappa shape index (κ1) is 19.0. The summed E-state index contributed by atoms with van der Waals surface area (Å²) < 4.78 is 31.8. The highest BCUT2D eigenvalue weighted by molar-refractivity contribution is 5.82. The minimum Gasteiger partial charge on any atom is -0.375 e. The number of carbonyl (C=O) groups is 1. The lowest BCUT2D eigenvalue weighted by atomic mass is 9.81. The molecule has 6 heteroatoms. The van der Waals surface area contributed by atoms with Crippen molar-refractivity contribution >= 4 is 5.91 Å². The smallest absolute Gasteiger partial charge is 0.238 e. The molecular weight excluding hydrogens is 302 g/mol. The van der Waals surface area contributed by atoms with Crippen molar-refractivity contribution in [3.8, 4) is 6.07 Å². The van der Waals surface area contributed by atoms with Crippen molar-refractivity contribution < 1.29 is 18.3 Å². The summed E-state index contributed by atoms with van der Waals surface area (Å²) in [7, 11) is 0. The van der Waals surface area contributed by atoms with Crippen LogP contribution in [0.1, 0.15) is 33.3 Å². The maximum absolute atomic E-state index is 13.5. The number of hydrogen-bond donors (Lipinski definition) is 1. The molecule has 0 saturated carbocycles. The molecule has 2 atom stereocenters. The topological polar surface area (TPSA) is 62.1 Å². The summed E-state index contributed by atoms with van der Waals surface area (Å²) in [6, 6.07) is 5.53. The monoisotopic (exact) mass is 324 g/mol. The highest BCUT2D eigenvalue weighted by atomic mass is 19.2. The average molecular weight is 324 g/mol. The summed E-state index contributed by atoms with van der Waals surface area (Å²) in [6.07, 6.45) is 0. The molecule has 0 unspecified atom stereocenters. The molecule has 0 fully saturated rings. The van der Waals surface area contributed by atoms with E-state index in [1.807, 2.05) is 26.8 Å². The molecule has 0 aromatic heterocycles. The SMILES string of the molecule is C[C@H](COCc1cccc(F)c1F)NC(=O)[C@@H](C#N)C(C)(C)C. The predicted molar refractivity (Wildman–Crippen MR) is 82.2 cm³/mol. The van der Waals surface area contributed by atoms with Crippen molar-refractivity contribution in [3.63, 3.8) is 0 Å². The second-order valence-electron chi connectivity index (χ2n) is 6.57. The number of nitrogens with zero attached hydrogens (tertiary/aromatic N) is 1. The molecule has 1 aromatic rings. The van der Waals surface area contributed by atoms with Gasteiger partial charge in [-0.3, -0.25) is 4.79 Å². The number of nitrogens with one attached hydrogen (secondary N) is 1. The molecule has 1 N–H and O–H groups in total. The lowest BCUT2D eigenvalue weighted by Gasteiger charge is -2.25. The summed E-state index contributed by atoms with van der Waals surface area (Å²) in [4.78, 5) is 12.1. The van der Waals surface area contributed by atoms with Crippen LogP contribution in [0.15, 0.2) is 18.2 Å². The van der Waals surface area contributed by atoms with E-state index < -0.39 is 23.0 Å². The zero-order chi connectivity index (χ0) is 17.6. The minimum atomic E-state index is -0.929. The van der Waals surface area contributed by atoms with Gasteiger partial charge in [0.2, 0.25) is 5.91 Å². The Balaban J connectivity index is 2.49. The molecule has 0 radical (unpaired) electrons. The van der Waals surface area contributed by atoms with Crippen LogP contribution in [0.4, 0.5) is 8.78 Å². The number of halogens is 2. The Hall–Kier alpha value is -2.00. The van der Waals surface area contributed by atoms with E-state index in [4.69, 9.17) is 10.00 Å². The molecule has 0 heterocycles. The number of rotatable bonds is 6. The van der Waals surface area contributed by atoms with Crippen molar-refractivity contribution in [3.05, 3.63) is 35.4 Å². The Bertz CT molecular complexity index is 591. The molecular formula is C17H22F2N2O2. The van der Waals surface area contributed by atoms with Gasteiger partial charge in [-0.2, -0.15) is 5.26 Å². The van der Waals surface area contributed by atoms with Gasteiger partial charge in [0.1, 0.15) is 5.92 Å². The molecule has 1 amide bonds. The molecule has 0 aliphatic rings. The highest BCUT2D eigenvalue weighted by Gasteiger charge is 2.31. The van der Waals surface area contributed by atoms with Gasteiger partial charge in [0.25, 0.3) is 0 Å². The van der Waals surface area contributed by atoms with E-state index in [1.54, 1.807) is 6.92 Å². The lowest BCUT2D eigenvalue weighted by molar-refractivity contribution is -0.127. The Morgan fingerprint density at radius 1 is 1.39 bits per heavy atom. The van der Waals surface area contributed by atoms with Crippen LogP contribution in [0.25, 0.3) is 0 Å². The lowest BCUT2D eigenvalue weighted by Crippen LogP contribution is -2.43. The Labute approximate surface area is 135 Å². The first-order valence-corrected chi connectivity index (χ1v) is 7.37. The van der Waals surface area contributed by atoms with Crippen LogP contribution in [0.2, 0.25) is 0 Å². The molecule has 1 aromatic carbocycles. The number of amides is 1. The summed E-state index contributed by atoms with van der Waals surface area (Å²) in [6.45, 7) is 7.20. The van der Waals surface area contributed by atoms with Gasteiger partial charge in [-0.1, -0.05) is 32.9 Å². The molecule has 0 bridgehead atoms. The van der Waals surface area contributed by atoms with Crippen molar-refractivity contribution in [2.45, 2.75) is 40.3 Å². The van der Waals surface area contributed by atoms with Crippen molar-refractivity contribution in [2.24, 2.45) is 11.3 Å². The van der Waals surface area contributed by atoms with Crippen LogP contribution in [0.3, 0.4) is 0 Å². The van der Waals surface area contributed by atoms with E-state index in [1.165, 1.54) is 12.1 Å². The highest BCUT2D eigenvalue weighted by Crippen LogP contribution is 2.25. The van der Waals surface area contributed by atoms with E-state index in [0.29, 0.717) is 0 Å². The molecule has 0 saturated heterocycles. The Morgan fingerprint density at radius 2 is 2.04 bits per heavy atom. The normalized spacial score (nSPS) is 14.0. The van der Waals surface area contributed by atoms with Crippen molar-refractivity contribution in [1.29, 1.82) is 5.26 Å². The third kappa shape index (κ3) is 5.61. The van der Waals surface area contributed by atoms with Gasteiger partial charge in [-0.25, -0.2) is 8.78 Å². The molecule has 0 aliphatic carbocycles. The predicted octanol–water partition coefficient (Wildman–Crippen LogP) is 3.17. The number of benzene rings is 1. The van der Waals surface area contributed by atoms with Crippen molar-refractivity contribution in [2.75, 3.05) is 6.61 Å². The minimum absolute atomic E-state index is 0.0925. The largest absolute Gasteiger partial charge is 0.375 e. The van der Waals surface area contributed by atoms with Crippen LogP contribution >= 0.6 is 0 Å². The van der Waals surface area contributed by atoms with E-state index in [-0.39, 0.29) is 30.7 Å². The standard InChI is InChI=1S/C17H22F2N2O2/c1-11(21-16(22)13(8-20)17(2,3)4)9-23-10-12-6-5-7-14(18)15(12)19/h5-7,11,13H,9-10H2,1-4H3,(H,21,22)/t11-,13-/m1/s1. The first-order chi connectivity index (χ1) is 10.7. The van der Waals surface area contributed by atoms with Gasteiger partial charge in [0.05, 0.1) is 19.3 Å². The van der Waals surface area contributed by atoms with Gasteiger partial charge in [0.15, 0.2) is 11.6 Å². The molecule has 0 spiro atoms. The van der Waals surface area contributed by atoms with Crippen molar-refractivity contribution in [1.82, 2.24) is 5.32 Å². The number of carbonyl (C=O) groups excluding carboxylic acids is 1. The third-order valence-corrected chi connectivity index (χ3v) is 3.30. The maximum atomic E-state index is 13.5. The van der Waals surface area contributed by atoms with Crippen LogP contribution in [-0.4, -0.2) is 18.6 Å². The summed E-state index contributed by atoms with van der Waals surface area (Å²) in [5, 5.41) is 11.8. The second kappa shape index (κ2) is 8.02. The second-order valence-corrected chi connectivity index (χ2v) is 6.57. The Morgan fingerprint density at radius 3 is 2.61 bits per heavy atom. The third-order valence-electron chi connectivity index (χ3n) is 3.30. The number of nitriles is 1. The summed E-state index contributed by atoms with van der Waals surface area (Å²) in [5.41, 5.74) is -0.350. The van der Waals surface area contributed by atoms with E-state index in [2.05, 4.69) is 5.32 Å². The number of ether oxygens (including phenoxy) is 1. The van der Waals surface area contributed by atoms with Gasteiger partial charge in [-0.15, -0.1) is 0 Å². The molecule has 0 aliphatic heterocycles. The van der Waals surface area contributed by atoms with E-state index >= 15 is 0 Å². The maximum Gasteiger partial charge on any atom is 0.238 e. The molecule has 23 heavy (non-hydrogen) atoms. The zero-order valence-corrected chi connectivity index (χ0v) is 13.8. The van der Waals surface area contributed by atoms with Gasteiger partial charge < -0.3 is 10.1 Å². The van der Waals surface area contributed by atoms with Gasteiger partial charge >= 0.3 is 0 Å². The Kier molecular flexibility index (Phi) is 6.64. The fourth-order valence-electron chi connectivity index (χ4n) is 2.02. The zero-order valence-electron chi connectivity index (χ0n) is 13.8. The van der Waals surface area contributed by atoms with E-state index in [9.17, 15) is 13.6 Å². The summed E-state index contributed by atoms with van der Waals surface area (Å²) in [5.74, 6) is -2.99. The molecule has 126 valence electrons. The summed E-state index contributed by atoms with van der Waals surface area (Å²) >= 11 is 0. The van der Waals surface area contributed by atoms with Gasteiger partial charge in [-0.05, 0) is 18.4 Å². The molecule has 1 rings (SSSR count). The fraction of sp³-hybridized carbons (Fsp3) is 0.529. The fourth-order valence-corrected chi connectivity index (χ4v) is 2.02. The van der Waals surface area contributed by atoms with Crippen LogP contribution in [0, 0.1) is 34.3 Å². The van der Waals surface area contributed by atoms with Crippen LogP contribution < -0.4 is 5.32 Å².